The fourth-order valence-corrected chi connectivity index (χ4v) is 3.51. The first kappa shape index (κ1) is 27.7. The minimum Gasteiger partial charge on any atom is -0.494 e. The maximum Gasteiger partial charge on any atom is 0.344 e. The van der Waals surface area contributed by atoms with Crippen LogP contribution in [-0.2, 0) is 14.3 Å². The SMILES string of the molecule is CCCCCOc1ccc(C(=O)Nc2cc(C(CC)CC(=O)O)ccc2OCC(=O)OCC)cc1. The predicted molar refractivity (Wildman–Crippen MR) is 133 cm³/mol. The zero-order chi connectivity index (χ0) is 25.6. The van der Waals surface area contributed by atoms with Crippen molar-refractivity contribution in [2.24, 2.45) is 0 Å². The smallest absolute Gasteiger partial charge is 0.344 e. The van der Waals surface area contributed by atoms with Crippen molar-refractivity contribution in [3.63, 3.8) is 0 Å². The lowest BCUT2D eigenvalue weighted by Crippen LogP contribution is -2.17. The second-order valence-corrected chi connectivity index (χ2v) is 8.09. The minimum atomic E-state index is -0.901. The van der Waals surface area contributed by atoms with Gasteiger partial charge in [-0.1, -0.05) is 32.8 Å². The van der Waals surface area contributed by atoms with Gasteiger partial charge in [-0.05, 0) is 67.6 Å². The van der Waals surface area contributed by atoms with Crippen molar-refractivity contribution in [3.8, 4) is 11.5 Å². The Kier molecular flexibility index (Phi) is 11.6. The first-order valence-corrected chi connectivity index (χ1v) is 12.1. The number of ether oxygens (including phenoxy) is 3. The summed E-state index contributed by atoms with van der Waals surface area (Å²) in [7, 11) is 0. The molecular formula is C27H35NO7. The second-order valence-electron chi connectivity index (χ2n) is 8.09. The molecule has 2 N–H and O–H groups in total. The van der Waals surface area contributed by atoms with Crippen LogP contribution in [0.4, 0.5) is 5.69 Å². The fraction of sp³-hybridized carbons (Fsp3) is 0.444. The third-order valence-corrected chi connectivity index (χ3v) is 5.42. The number of hydrogen-bond donors (Lipinski definition) is 2. The molecule has 1 atom stereocenters. The van der Waals surface area contributed by atoms with E-state index in [0.717, 1.165) is 24.8 Å². The Balaban J connectivity index is 2.20. The lowest BCUT2D eigenvalue weighted by atomic mass is 9.92. The van der Waals surface area contributed by atoms with Gasteiger partial charge in [0.2, 0.25) is 0 Å². The van der Waals surface area contributed by atoms with Crippen LogP contribution in [0.15, 0.2) is 42.5 Å². The Morgan fingerprint density at radius 3 is 2.34 bits per heavy atom. The molecule has 0 fully saturated rings. The van der Waals surface area contributed by atoms with Crippen molar-refractivity contribution < 1.29 is 33.7 Å². The van der Waals surface area contributed by atoms with Gasteiger partial charge in [-0.25, -0.2) is 4.79 Å². The van der Waals surface area contributed by atoms with Crippen LogP contribution < -0.4 is 14.8 Å². The van der Waals surface area contributed by atoms with Crippen molar-refractivity contribution in [2.45, 2.75) is 58.8 Å². The van der Waals surface area contributed by atoms with Gasteiger partial charge in [0, 0.05) is 5.56 Å². The molecule has 0 saturated carbocycles. The molecule has 8 nitrogen and oxygen atoms in total. The molecule has 2 rings (SSSR count). The van der Waals surface area contributed by atoms with E-state index >= 15 is 0 Å². The Labute approximate surface area is 206 Å². The molecule has 0 spiro atoms. The molecule has 2 aromatic rings. The Morgan fingerprint density at radius 1 is 0.971 bits per heavy atom. The molecule has 0 radical (unpaired) electrons. The minimum absolute atomic E-state index is 0.0351. The summed E-state index contributed by atoms with van der Waals surface area (Å²) in [5.74, 6) is -1.05. The van der Waals surface area contributed by atoms with E-state index in [4.69, 9.17) is 14.2 Å². The van der Waals surface area contributed by atoms with E-state index in [1.807, 2.05) is 6.92 Å². The van der Waals surface area contributed by atoms with Gasteiger partial charge in [0.25, 0.3) is 5.91 Å². The average Bonchev–Trinajstić information content (AvgIpc) is 2.84. The van der Waals surface area contributed by atoms with Crippen LogP contribution in [-0.4, -0.2) is 42.8 Å². The van der Waals surface area contributed by atoms with Crippen LogP contribution in [0.1, 0.15) is 74.7 Å². The van der Waals surface area contributed by atoms with Gasteiger partial charge in [-0.15, -0.1) is 0 Å². The number of carboxylic acids is 1. The molecule has 0 saturated heterocycles. The zero-order valence-corrected chi connectivity index (χ0v) is 20.7. The van der Waals surface area contributed by atoms with Crippen LogP contribution in [0, 0.1) is 0 Å². The number of benzene rings is 2. The lowest BCUT2D eigenvalue weighted by Gasteiger charge is -2.18. The number of rotatable bonds is 15. The Hall–Kier alpha value is -3.55. The molecule has 0 aliphatic heterocycles. The molecule has 190 valence electrons. The largest absolute Gasteiger partial charge is 0.494 e. The normalized spacial score (nSPS) is 11.4. The number of aliphatic carboxylic acids is 1. The van der Waals surface area contributed by atoms with Gasteiger partial charge in [-0.2, -0.15) is 0 Å². The number of unbranched alkanes of at least 4 members (excludes halogenated alkanes) is 2. The zero-order valence-electron chi connectivity index (χ0n) is 20.7. The highest BCUT2D eigenvalue weighted by Gasteiger charge is 2.18. The van der Waals surface area contributed by atoms with Crippen LogP contribution in [0.25, 0.3) is 0 Å². The van der Waals surface area contributed by atoms with Gasteiger partial charge in [-0.3, -0.25) is 9.59 Å². The summed E-state index contributed by atoms with van der Waals surface area (Å²) >= 11 is 0. The molecule has 0 bridgehead atoms. The van der Waals surface area contributed by atoms with Gasteiger partial charge >= 0.3 is 11.9 Å². The molecule has 0 aromatic heterocycles. The summed E-state index contributed by atoms with van der Waals surface area (Å²) in [6.07, 6.45) is 3.77. The van der Waals surface area contributed by atoms with Gasteiger partial charge in [0.1, 0.15) is 11.5 Å². The van der Waals surface area contributed by atoms with E-state index in [1.165, 1.54) is 0 Å². The molecule has 35 heavy (non-hydrogen) atoms. The monoisotopic (exact) mass is 485 g/mol. The second kappa shape index (κ2) is 14.7. The predicted octanol–water partition coefficient (Wildman–Crippen LogP) is 5.42. The molecule has 8 heteroatoms. The molecule has 1 amide bonds. The maximum atomic E-state index is 13.0. The van der Waals surface area contributed by atoms with Crippen LogP contribution in [0.5, 0.6) is 11.5 Å². The lowest BCUT2D eigenvalue weighted by molar-refractivity contribution is -0.145. The molecule has 0 aliphatic rings. The number of carboxylic acid groups (broad SMARTS) is 1. The molecule has 1 unspecified atom stereocenters. The first-order chi connectivity index (χ1) is 16.9. The number of nitrogens with one attached hydrogen (secondary N) is 1. The van der Waals surface area contributed by atoms with Crippen molar-refractivity contribution in [2.75, 3.05) is 25.1 Å². The molecule has 0 aliphatic carbocycles. The molecular weight excluding hydrogens is 450 g/mol. The third kappa shape index (κ3) is 9.31. The highest BCUT2D eigenvalue weighted by molar-refractivity contribution is 6.05. The fourth-order valence-electron chi connectivity index (χ4n) is 3.51. The van der Waals surface area contributed by atoms with E-state index in [-0.39, 0.29) is 37.2 Å². The summed E-state index contributed by atoms with van der Waals surface area (Å²) in [4.78, 5) is 36.0. The summed E-state index contributed by atoms with van der Waals surface area (Å²) in [5.41, 5.74) is 1.52. The van der Waals surface area contributed by atoms with E-state index in [0.29, 0.717) is 30.0 Å². The number of anilines is 1. The quantitative estimate of drug-likeness (QED) is 0.256. The summed E-state index contributed by atoms with van der Waals surface area (Å²) in [6.45, 7) is 6.28. The number of carbonyl (C=O) groups is 3. The maximum absolute atomic E-state index is 13.0. The van der Waals surface area contributed by atoms with Crippen molar-refractivity contribution >= 4 is 23.5 Å². The molecule has 2 aromatic carbocycles. The molecule has 0 heterocycles. The highest BCUT2D eigenvalue weighted by atomic mass is 16.6. The number of carbonyl (C=O) groups excluding carboxylic acids is 2. The van der Waals surface area contributed by atoms with Crippen LogP contribution in [0.2, 0.25) is 0 Å². The Bertz CT molecular complexity index is 972. The van der Waals surface area contributed by atoms with Crippen molar-refractivity contribution in [1.29, 1.82) is 0 Å². The summed E-state index contributed by atoms with van der Waals surface area (Å²) in [6, 6.07) is 11.9. The number of hydrogen-bond acceptors (Lipinski definition) is 6. The average molecular weight is 486 g/mol. The van der Waals surface area contributed by atoms with Gasteiger partial charge < -0.3 is 24.6 Å². The van der Waals surface area contributed by atoms with Gasteiger partial charge in [0.05, 0.1) is 25.3 Å². The van der Waals surface area contributed by atoms with E-state index < -0.39 is 11.9 Å². The summed E-state index contributed by atoms with van der Waals surface area (Å²) < 4.78 is 16.2. The first-order valence-electron chi connectivity index (χ1n) is 12.1. The van der Waals surface area contributed by atoms with Crippen molar-refractivity contribution in [1.82, 2.24) is 0 Å². The van der Waals surface area contributed by atoms with Crippen molar-refractivity contribution in [3.05, 3.63) is 53.6 Å². The van der Waals surface area contributed by atoms with Gasteiger partial charge in [0.15, 0.2) is 6.61 Å². The third-order valence-electron chi connectivity index (χ3n) is 5.42. The van der Waals surface area contributed by atoms with E-state index in [9.17, 15) is 19.5 Å². The summed E-state index contributed by atoms with van der Waals surface area (Å²) in [5, 5.41) is 12.1. The van der Waals surface area contributed by atoms with E-state index in [1.54, 1.807) is 49.4 Å². The number of esters is 1. The Morgan fingerprint density at radius 2 is 1.71 bits per heavy atom. The number of amides is 1. The van der Waals surface area contributed by atoms with Crippen LogP contribution in [0.3, 0.4) is 0 Å². The topological polar surface area (TPSA) is 111 Å². The standard InChI is InChI=1S/C27H35NO7/c1-4-7-8-15-34-22-12-9-20(10-13-22)27(32)28-23-16-21(19(5-2)17-25(29)30)11-14-24(23)35-18-26(31)33-6-3/h9-14,16,19H,4-8,15,17-18H2,1-3H3,(H,28,32)(H,29,30). The van der Waals surface area contributed by atoms with E-state index in [2.05, 4.69) is 12.2 Å². The highest BCUT2D eigenvalue weighted by Crippen LogP contribution is 2.32. The van der Waals surface area contributed by atoms with Crippen LogP contribution >= 0.6 is 0 Å².